The third kappa shape index (κ3) is 3.84. The summed E-state index contributed by atoms with van der Waals surface area (Å²) >= 11 is 0. The molecule has 0 radical (unpaired) electrons. The third-order valence-corrected chi connectivity index (χ3v) is 6.80. The van der Waals surface area contributed by atoms with Crippen LogP contribution in [0.4, 0.5) is 4.79 Å². The standard InChI is InChI=1S/C25H26N2O8/c1-32-14-5-7-16(20(11-14)34-3)18-9-13(28)10-19(17-8-6-15(33-2)12-21(17)35-4)25(18)22(29)26-24(31)27-23(25)30/h5-8,11-12,18-19H,9-10H2,1-4H3,(H2,26,27,29,30,31). The minimum Gasteiger partial charge on any atom is -0.497 e. The molecule has 10 nitrogen and oxygen atoms in total. The van der Waals surface area contributed by atoms with Crippen LogP contribution in [0.3, 0.4) is 0 Å². The summed E-state index contributed by atoms with van der Waals surface area (Å²) in [6, 6.07) is 8.99. The Morgan fingerprint density at radius 3 is 1.49 bits per heavy atom. The monoisotopic (exact) mass is 482 g/mol. The van der Waals surface area contributed by atoms with E-state index in [0.717, 1.165) is 0 Å². The average Bonchev–Trinajstić information content (AvgIpc) is 2.86. The van der Waals surface area contributed by atoms with Crippen LogP contribution in [0.15, 0.2) is 36.4 Å². The fourth-order valence-electron chi connectivity index (χ4n) is 5.21. The number of carbonyl (C=O) groups excluding carboxylic acids is 4. The fourth-order valence-corrected chi connectivity index (χ4v) is 5.21. The van der Waals surface area contributed by atoms with Crippen LogP contribution in [0.25, 0.3) is 0 Å². The quantitative estimate of drug-likeness (QED) is 0.600. The summed E-state index contributed by atoms with van der Waals surface area (Å²) < 4.78 is 21.7. The van der Waals surface area contributed by atoms with Crippen molar-refractivity contribution in [2.45, 2.75) is 24.7 Å². The first-order valence-electron chi connectivity index (χ1n) is 10.9. The molecular formula is C25H26N2O8. The van der Waals surface area contributed by atoms with Gasteiger partial charge in [-0.2, -0.15) is 0 Å². The Bertz CT molecular complexity index is 1120. The molecular weight excluding hydrogens is 456 g/mol. The van der Waals surface area contributed by atoms with Gasteiger partial charge in [-0.3, -0.25) is 25.0 Å². The molecule has 1 heterocycles. The number of amides is 4. The molecule has 4 amide bonds. The maximum absolute atomic E-state index is 13.7. The highest BCUT2D eigenvalue weighted by Gasteiger charge is 2.64. The largest absolute Gasteiger partial charge is 0.497 e. The maximum atomic E-state index is 13.7. The van der Waals surface area contributed by atoms with E-state index in [9.17, 15) is 19.2 Å². The first-order chi connectivity index (χ1) is 16.8. The second kappa shape index (κ2) is 9.28. The molecule has 1 aliphatic carbocycles. The van der Waals surface area contributed by atoms with Gasteiger partial charge in [0.15, 0.2) is 0 Å². The molecule has 0 aromatic heterocycles. The smallest absolute Gasteiger partial charge is 0.328 e. The van der Waals surface area contributed by atoms with E-state index in [0.29, 0.717) is 34.1 Å². The molecule has 1 spiro atoms. The number of benzene rings is 2. The number of rotatable bonds is 6. The van der Waals surface area contributed by atoms with Crippen molar-refractivity contribution < 1.29 is 38.1 Å². The topological polar surface area (TPSA) is 129 Å². The number of carbonyl (C=O) groups is 4. The van der Waals surface area contributed by atoms with Gasteiger partial charge in [0.2, 0.25) is 11.8 Å². The Morgan fingerprint density at radius 1 is 0.686 bits per heavy atom. The van der Waals surface area contributed by atoms with Gasteiger partial charge < -0.3 is 18.9 Å². The lowest BCUT2D eigenvalue weighted by Gasteiger charge is -2.48. The zero-order valence-corrected chi connectivity index (χ0v) is 19.8. The number of methoxy groups -OCH3 is 4. The van der Waals surface area contributed by atoms with Gasteiger partial charge in [0.05, 0.1) is 28.4 Å². The molecule has 10 heteroatoms. The van der Waals surface area contributed by atoms with Crippen molar-refractivity contribution in [2.75, 3.05) is 28.4 Å². The first kappa shape index (κ1) is 24.1. The normalized spacial score (nSPS) is 21.3. The third-order valence-electron chi connectivity index (χ3n) is 6.80. The van der Waals surface area contributed by atoms with Gasteiger partial charge in [0.25, 0.3) is 0 Å². The number of barbiturate groups is 1. The van der Waals surface area contributed by atoms with Crippen molar-refractivity contribution in [2.24, 2.45) is 5.41 Å². The Hall–Kier alpha value is -4.08. The Morgan fingerprint density at radius 2 is 1.11 bits per heavy atom. The van der Waals surface area contributed by atoms with Gasteiger partial charge in [0, 0.05) is 36.8 Å². The summed E-state index contributed by atoms with van der Waals surface area (Å²) in [5, 5.41) is 4.50. The number of hydrogen-bond donors (Lipinski definition) is 2. The molecule has 4 rings (SSSR count). The van der Waals surface area contributed by atoms with Gasteiger partial charge in [-0.25, -0.2) is 4.79 Å². The summed E-state index contributed by atoms with van der Waals surface area (Å²) in [7, 11) is 5.90. The van der Waals surface area contributed by atoms with E-state index < -0.39 is 35.1 Å². The Balaban J connectivity index is 1.99. The minimum absolute atomic E-state index is 0.104. The highest BCUT2D eigenvalue weighted by Crippen LogP contribution is 2.58. The molecule has 1 aliphatic heterocycles. The average molecular weight is 482 g/mol. The van der Waals surface area contributed by atoms with Crippen molar-refractivity contribution in [3.8, 4) is 23.0 Å². The van der Waals surface area contributed by atoms with Crippen LogP contribution in [0.2, 0.25) is 0 Å². The van der Waals surface area contributed by atoms with E-state index in [-0.39, 0.29) is 18.6 Å². The molecule has 2 aliphatic rings. The highest BCUT2D eigenvalue weighted by molar-refractivity contribution is 6.21. The van der Waals surface area contributed by atoms with Crippen LogP contribution < -0.4 is 29.6 Å². The second-order valence-corrected chi connectivity index (χ2v) is 8.37. The van der Waals surface area contributed by atoms with Crippen molar-refractivity contribution in [3.63, 3.8) is 0 Å². The van der Waals surface area contributed by atoms with E-state index >= 15 is 0 Å². The molecule has 2 aromatic carbocycles. The van der Waals surface area contributed by atoms with Crippen LogP contribution in [-0.2, 0) is 14.4 Å². The number of hydrogen-bond acceptors (Lipinski definition) is 8. The minimum atomic E-state index is -1.84. The molecule has 2 atom stereocenters. The summed E-state index contributed by atoms with van der Waals surface area (Å²) in [6.07, 6.45) is -0.209. The SMILES string of the molecule is COc1ccc(C2CC(=O)CC(c3ccc(OC)cc3OC)C23C(=O)NC(=O)NC3=O)c(OC)c1. The summed E-state index contributed by atoms with van der Waals surface area (Å²) in [5.74, 6) is -1.90. The predicted molar refractivity (Wildman–Crippen MR) is 123 cm³/mol. The molecule has 2 N–H and O–H groups in total. The first-order valence-corrected chi connectivity index (χ1v) is 10.9. The molecule has 35 heavy (non-hydrogen) atoms. The molecule has 1 saturated carbocycles. The molecule has 184 valence electrons. The van der Waals surface area contributed by atoms with E-state index in [4.69, 9.17) is 18.9 Å². The van der Waals surface area contributed by atoms with Crippen LogP contribution in [0.5, 0.6) is 23.0 Å². The van der Waals surface area contributed by atoms with Crippen molar-refractivity contribution >= 4 is 23.6 Å². The molecule has 1 saturated heterocycles. The van der Waals surface area contributed by atoms with Crippen molar-refractivity contribution in [1.82, 2.24) is 10.6 Å². The van der Waals surface area contributed by atoms with Gasteiger partial charge >= 0.3 is 6.03 Å². The zero-order chi connectivity index (χ0) is 25.3. The molecule has 2 aromatic rings. The maximum Gasteiger partial charge on any atom is 0.328 e. The molecule has 2 fully saturated rings. The number of imide groups is 2. The van der Waals surface area contributed by atoms with E-state index in [1.54, 1.807) is 36.4 Å². The van der Waals surface area contributed by atoms with Crippen LogP contribution in [0.1, 0.15) is 35.8 Å². The van der Waals surface area contributed by atoms with Crippen LogP contribution >= 0.6 is 0 Å². The number of nitrogens with one attached hydrogen (secondary N) is 2. The van der Waals surface area contributed by atoms with E-state index in [1.807, 2.05) is 0 Å². The van der Waals surface area contributed by atoms with Gasteiger partial charge in [-0.15, -0.1) is 0 Å². The predicted octanol–water partition coefficient (Wildman–Crippen LogP) is 2.30. The molecule has 0 bridgehead atoms. The summed E-state index contributed by atoms with van der Waals surface area (Å²) in [5.41, 5.74) is -0.900. The van der Waals surface area contributed by atoms with Gasteiger partial charge in [-0.05, 0) is 23.3 Å². The lowest BCUT2D eigenvalue weighted by atomic mass is 9.54. The Kier molecular flexibility index (Phi) is 6.38. The number of Topliss-reactive ketones (excluding diaryl/α,β-unsaturated/α-hetero) is 1. The summed E-state index contributed by atoms with van der Waals surface area (Å²) in [4.78, 5) is 52.5. The van der Waals surface area contributed by atoms with Crippen molar-refractivity contribution in [1.29, 1.82) is 0 Å². The van der Waals surface area contributed by atoms with Crippen LogP contribution in [-0.4, -0.2) is 52.1 Å². The number of ether oxygens (including phenoxy) is 4. The summed E-state index contributed by atoms with van der Waals surface area (Å²) in [6.45, 7) is 0. The van der Waals surface area contributed by atoms with E-state index in [2.05, 4.69) is 10.6 Å². The zero-order valence-electron chi connectivity index (χ0n) is 19.8. The second-order valence-electron chi connectivity index (χ2n) is 8.37. The van der Waals surface area contributed by atoms with E-state index in [1.165, 1.54) is 28.4 Å². The van der Waals surface area contributed by atoms with Crippen molar-refractivity contribution in [3.05, 3.63) is 47.5 Å². The molecule has 2 unspecified atom stereocenters. The van der Waals surface area contributed by atoms with Gasteiger partial charge in [0.1, 0.15) is 34.2 Å². The lowest BCUT2D eigenvalue weighted by Crippen LogP contribution is -2.67. The number of ketones is 1. The fraction of sp³-hybridized carbons (Fsp3) is 0.360. The number of urea groups is 1. The van der Waals surface area contributed by atoms with Crippen LogP contribution in [0, 0.1) is 5.41 Å². The lowest BCUT2D eigenvalue weighted by molar-refractivity contribution is -0.151. The van der Waals surface area contributed by atoms with Gasteiger partial charge in [-0.1, -0.05) is 12.1 Å². The Labute approximate surface area is 201 Å². The highest BCUT2D eigenvalue weighted by atomic mass is 16.5.